The Balaban J connectivity index is 1.74. The van der Waals surface area contributed by atoms with Crippen LogP contribution in [0.4, 0.5) is 0 Å². The second-order valence-corrected chi connectivity index (χ2v) is 7.66. The normalized spacial score (nSPS) is 10.7. The van der Waals surface area contributed by atoms with Gasteiger partial charge in [0.2, 0.25) is 0 Å². The molecular weight excluding hydrogens is 432 g/mol. The Morgan fingerprint density at radius 1 is 0.667 bits per heavy atom. The molecule has 0 aromatic heterocycles. The lowest BCUT2D eigenvalue weighted by atomic mass is 10.0. The van der Waals surface area contributed by atoms with Gasteiger partial charge in [-0.15, -0.1) is 0 Å². The molecule has 0 amide bonds. The molecular formula is C20H24Br2O2. The molecule has 2 nitrogen and oxygen atoms in total. The molecule has 0 radical (unpaired) electrons. The van der Waals surface area contributed by atoms with Crippen LogP contribution in [-0.4, -0.2) is 14.2 Å². The number of methoxy groups -OCH3 is 2. The molecule has 0 N–H and O–H groups in total. The molecule has 0 aliphatic carbocycles. The molecule has 24 heavy (non-hydrogen) atoms. The predicted molar refractivity (Wildman–Crippen MR) is 107 cm³/mol. The fourth-order valence-electron chi connectivity index (χ4n) is 2.87. The van der Waals surface area contributed by atoms with Gasteiger partial charge in [-0.25, -0.2) is 0 Å². The Kier molecular flexibility index (Phi) is 8.13. The Morgan fingerprint density at radius 3 is 1.46 bits per heavy atom. The maximum atomic E-state index is 5.43. The van der Waals surface area contributed by atoms with Crippen LogP contribution in [0.3, 0.4) is 0 Å². The Hall–Kier alpha value is -1.00. The minimum Gasteiger partial charge on any atom is -0.496 e. The van der Waals surface area contributed by atoms with E-state index in [1.54, 1.807) is 14.2 Å². The van der Waals surface area contributed by atoms with Gasteiger partial charge < -0.3 is 9.47 Å². The van der Waals surface area contributed by atoms with Crippen LogP contribution in [0.25, 0.3) is 0 Å². The number of halogens is 2. The van der Waals surface area contributed by atoms with Gasteiger partial charge in [-0.3, -0.25) is 0 Å². The molecule has 130 valence electrons. The maximum Gasteiger partial charge on any atom is 0.122 e. The largest absolute Gasteiger partial charge is 0.496 e. The van der Waals surface area contributed by atoms with E-state index < -0.39 is 0 Å². The third-order valence-electron chi connectivity index (χ3n) is 4.13. The van der Waals surface area contributed by atoms with E-state index >= 15 is 0 Å². The van der Waals surface area contributed by atoms with Crippen molar-refractivity contribution in [1.82, 2.24) is 0 Å². The van der Waals surface area contributed by atoms with Crippen LogP contribution >= 0.6 is 31.9 Å². The Morgan fingerprint density at radius 2 is 1.08 bits per heavy atom. The average molecular weight is 456 g/mol. The first kappa shape index (κ1) is 19.3. The van der Waals surface area contributed by atoms with Crippen molar-refractivity contribution in [3.63, 3.8) is 0 Å². The monoisotopic (exact) mass is 454 g/mol. The number of unbranched alkanes of at least 4 members (excludes halogenated alkanes) is 3. The van der Waals surface area contributed by atoms with Crippen LogP contribution in [0, 0.1) is 0 Å². The summed E-state index contributed by atoms with van der Waals surface area (Å²) >= 11 is 7.07. The van der Waals surface area contributed by atoms with Gasteiger partial charge >= 0.3 is 0 Å². The van der Waals surface area contributed by atoms with E-state index in [-0.39, 0.29) is 0 Å². The topological polar surface area (TPSA) is 18.5 Å². The lowest BCUT2D eigenvalue weighted by Gasteiger charge is -2.10. The van der Waals surface area contributed by atoms with E-state index in [0.717, 1.165) is 33.3 Å². The van der Waals surface area contributed by atoms with Crippen molar-refractivity contribution in [3.8, 4) is 11.5 Å². The van der Waals surface area contributed by atoms with Crippen molar-refractivity contribution in [1.29, 1.82) is 0 Å². The van der Waals surface area contributed by atoms with Crippen molar-refractivity contribution in [2.45, 2.75) is 38.5 Å². The third kappa shape index (κ3) is 5.82. The van der Waals surface area contributed by atoms with E-state index in [2.05, 4.69) is 44.0 Å². The maximum absolute atomic E-state index is 5.43. The second kappa shape index (κ2) is 10.1. The summed E-state index contributed by atoms with van der Waals surface area (Å²) in [5.41, 5.74) is 2.56. The van der Waals surface area contributed by atoms with Crippen LogP contribution in [0.2, 0.25) is 0 Å². The standard InChI is InChI=1S/C20H24Br2O2/c1-23-19-11-9-17(21)13-15(19)7-5-3-4-6-8-16-14-18(22)10-12-20(16)24-2/h9-14H,3-8H2,1-2H3. The lowest BCUT2D eigenvalue weighted by molar-refractivity contribution is 0.407. The highest BCUT2D eigenvalue weighted by Crippen LogP contribution is 2.26. The highest BCUT2D eigenvalue weighted by molar-refractivity contribution is 9.10. The van der Waals surface area contributed by atoms with Gasteiger partial charge in [-0.1, -0.05) is 44.7 Å². The van der Waals surface area contributed by atoms with Crippen LogP contribution in [-0.2, 0) is 12.8 Å². The molecule has 0 saturated heterocycles. The number of ether oxygens (including phenoxy) is 2. The molecule has 0 fully saturated rings. The first-order valence-corrected chi connectivity index (χ1v) is 9.87. The zero-order valence-electron chi connectivity index (χ0n) is 14.3. The van der Waals surface area contributed by atoms with Crippen molar-refractivity contribution in [2.75, 3.05) is 14.2 Å². The number of benzene rings is 2. The molecule has 2 aromatic rings. The van der Waals surface area contributed by atoms with Crippen molar-refractivity contribution < 1.29 is 9.47 Å². The van der Waals surface area contributed by atoms with Gasteiger partial charge in [0.05, 0.1) is 14.2 Å². The zero-order chi connectivity index (χ0) is 17.4. The molecule has 4 heteroatoms. The zero-order valence-corrected chi connectivity index (χ0v) is 17.5. The van der Waals surface area contributed by atoms with E-state index in [4.69, 9.17) is 9.47 Å². The van der Waals surface area contributed by atoms with E-state index in [9.17, 15) is 0 Å². The molecule has 2 aromatic carbocycles. The second-order valence-electron chi connectivity index (χ2n) is 5.83. The third-order valence-corrected chi connectivity index (χ3v) is 5.11. The smallest absolute Gasteiger partial charge is 0.122 e. The van der Waals surface area contributed by atoms with E-state index in [0.29, 0.717) is 0 Å². The Labute approximate surface area is 161 Å². The average Bonchev–Trinajstić information content (AvgIpc) is 2.58. The lowest BCUT2D eigenvalue weighted by Crippen LogP contribution is -1.94. The quantitative estimate of drug-likeness (QED) is 0.398. The molecule has 0 heterocycles. The van der Waals surface area contributed by atoms with Gasteiger partial charge in [0, 0.05) is 8.95 Å². The van der Waals surface area contributed by atoms with Crippen LogP contribution < -0.4 is 9.47 Å². The molecule has 0 aliphatic rings. The molecule has 0 atom stereocenters. The molecule has 2 rings (SSSR count). The fraction of sp³-hybridized carbons (Fsp3) is 0.400. The number of aryl methyl sites for hydroxylation is 2. The molecule has 0 saturated carbocycles. The molecule has 0 bridgehead atoms. The van der Waals surface area contributed by atoms with E-state index in [1.807, 2.05) is 24.3 Å². The first-order chi connectivity index (χ1) is 11.6. The first-order valence-electron chi connectivity index (χ1n) is 8.29. The van der Waals surface area contributed by atoms with Crippen LogP contribution in [0.1, 0.15) is 36.8 Å². The highest BCUT2D eigenvalue weighted by Gasteiger charge is 2.05. The highest BCUT2D eigenvalue weighted by atomic mass is 79.9. The minimum atomic E-state index is 0.983. The van der Waals surface area contributed by atoms with Crippen LogP contribution in [0.15, 0.2) is 45.3 Å². The summed E-state index contributed by atoms with van der Waals surface area (Å²) in [5, 5.41) is 0. The number of hydrogen-bond donors (Lipinski definition) is 0. The summed E-state index contributed by atoms with van der Waals surface area (Å²) in [6, 6.07) is 12.4. The summed E-state index contributed by atoms with van der Waals surface area (Å²) in [7, 11) is 3.47. The Bertz CT molecular complexity index is 599. The number of hydrogen-bond acceptors (Lipinski definition) is 2. The molecule has 0 unspecified atom stereocenters. The van der Waals surface area contributed by atoms with Crippen LogP contribution in [0.5, 0.6) is 11.5 Å². The minimum absolute atomic E-state index is 0.983. The fourth-order valence-corrected chi connectivity index (χ4v) is 3.69. The summed E-state index contributed by atoms with van der Waals surface area (Å²) in [6.45, 7) is 0. The predicted octanol–water partition coefficient (Wildman–Crippen LogP) is 6.57. The van der Waals surface area contributed by atoms with E-state index in [1.165, 1.54) is 36.8 Å². The van der Waals surface area contributed by atoms with Gasteiger partial charge in [0.15, 0.2) is 0 Å². The van der Waals surface area contributed by atoms with Crippen molar-refractivity contribution in [2.24, 2.45) is 0 Å². The van der Waals surface area contributed by atoms with Gasteiger partial charge in [0.1, 0.15) is 11.5 Å². The van der Waals surface area contributed by atoms with Gasteiger partial charge in [-0.2, -0.15) is 0 Å². The summed E-state index contributed by atoms with van der Waals surface area (Å²) < 4.78 is 13.1. The summed E-state index contributed by atoms with van der Waals surface area (Å²) in [5.74, 6) is 1.97. The molecule has 0 spiro atoms. The SMILES string of the molecule is COc1ccc(Br)cc1CCCCCCc1cc(Br)ccc1OC. The van der Waals surface area contributed by atoms with Gasteiger partial charge in [0.25, 0.3) is 0 Å². The van der Waals surface area contributed by atoms with Crippen molar-refractivity contribution >= 4 is 31.9 Å². The molecule has 0 aliphatic heterocycles. The van der Waals surface area contributed by atoms with Gasteiger partial charge in [-0.05, 0) is 73.2 Å². The summed E-state index contributed by atoms with van der Waals surface area (Å²) in [4.78, 5) is 0. The number of rotatable bonds is 9. The summed E-state index contributed by atoms with van der Waals surface area (Å²) in [6.07, 6.45) is 6.94. The van der Waals surface area contributed by atoms with Crippen molar-refractivity contribution in [3.05, 3.63) is 56.5 Å².